The van der Waals surface area contributed by atoms with E-state index in [2.05, 4.69) is 11.8 Å². The van der Waals surface area contributed by atoms with Crippen molar-refractivity contribution in [2.45, 2.75) is 26.4 Å². The molecular weight excluding hydrogens is 271 g/mol. The van der Waals surface area contributed by atoms with E-state index in [-0.39, 0.29) is 12.3 Å². The topological polar surface area (TPSA) is 47.2 Å². The number of aromatic nitrogens is 2. The lowest BCUT2D eigenvalue weighted by molar-refractivity contribution is 0.350. The van der Waals surface area contributed by atoms with E-state index in [1.807, 2.05) is 6.92 Å². The van der Waals surface area contributed by atoms with Crippen LogP contribution >= 0.6 is 0 Å². The Labute approximate surface area is 122 Å². The normalized spacial score (nSPS) is 10.2. The van der Waals surface area contributed by atoms with E-state index >= 15 is 0 Å². The van der Waals surface area contributed by atoms with E-state index in [9.17, 15) is 9.18 Å². The van der Waals surface area contributed by atoms with Crippen molar-refractivity contribution < 1.29 is 9.50 Å². The van der Waals surface area contributed by atoms with Gasteiger partial charge in [0.1, 0.15) is 12.4 Å². The monoisotopic (exact) mass is 288 g/mol. The predicted molar refractivity (Wildman–Crippen MR) is 78.4 cm³/mol. The van der Waals surface area contributed by atoms with Gasteiger partial charge >= 0.3 is 5.69 Å². The molecule has 0 fully saturated rings. The SMILES string of the molecule is CCCn1ccn(Cc2cc(F)cc(C#CCO)c2)c1=O. The second-order valence-corrected chi connectivity index (χ2v) is 4.71. The molecule has 21 heavy (non-hydrogen) atoms. The Hall–Kier alpha value is -2.32. The third-order valence-electron chi connectivity index (χ3n) is 3.00. The van der Waals surface area contributed by atoms with E-state index in [0.29, 0.717) is 24.2 Å². The Morgan fingerprint density at radius 3 is 2.71 bits per heavy atom. The van der Waals surface area contributed by atoms with Gasteiger partial charge in [0.2, 0.25) is 0 Å². The van der Waals surface area contributed by atoms with Crippen molar-refractivity contribution in [1.82, 2.24) is 9.13 Å². The number of hydrogen-bond acceptors (Lipinski definition) is 2. The van der Waals surface area contributed by atoms with Crippen LogP contribution in [0.5, 0.6) is 0 Å². The standard InChI is InChI=1S/C16H17FN2O2/c1-2-5-18-6-7-19(16(18)21)12-14-9-13(4-3-8-20)10-15(17)11-14/h6-7,9-11,20H,2,5,8,12H2,1H3. The van der Waals surface area contributed by atoms with Gasteiger partial charge in [-0.05, 0) is 30.2 Å². The second kappa shape index (κ2) is 6.91. The highest BCUT2D eigenvalue weighted by Crippen LogP contribution is 2.09. The first kappa shape index (κ1) is 15.1. The summed E-state index contributed by atoms with van der Waals surface area (Å²) in [7, 11) is 0. The molecule has 1 N–H and O–H groups in total. The molecule has 1 aromatic carbocycles. The molecule has 0 atom stereocenters. The molecule has 0 aliphatic rings. The average Bonchev–Trinajstić information content (AvgIpc) is 2.78. The molecule has 2 rings (SSSR count). The summed E-state index contributed by atoms with van der Waals surface area (Å²) in [6.07, 6.45) is 4.31. The quantitative estimate of drug-likeness (QED) is 0.869. The molecule has 0 unspecified atom stereocenters. The van der Waals surface area contributed by atoms with Crippen LogP contribution in [0.2, 0.25) is 0 Å². The largest absolute Gasteiger partial charge is 0.384 e. The van der Waals surface area contributed by atoms with Crippen LogP contribution in [0.25, 0.3) is 0 Å². The fourth-order valence-corrected chi connectivity index (χ4v) is 2.14. The summed E-state index contributed by atoms with van der Waals surface area (Å²) < 4.78 is 16.7. The lowest BCUT2D eigenvalue weighted by atomic mass is 10.1. The van der Waals surface area contributed by atoms with E-state index < -0.39 is 5.82 Å². The Morgan fingerprint density at radius 1 is 1.24 bits per heavy atom. The van der Waals surface area contributed by atoms with E-state index in [1.165, 1.54) is 16.7 Å². The van der Waals surface area contributed by atoms with Gasteiger partial charge in [-0.15, -0.1) is 0 Å². The summed E-state index contributed by atoms with van der Waals surface area (Å²) in [6, 6.07) is 4.40. The number of benzene rings is 1. The Morgan fingerprint density at radius 2 is 2.00 bits per heavy atom. The van der Waals surface area contributed by atoms with Crippen LogP contribution in [0.1, 0.15) is 24.5 Å². The highest BCUT2D eigenvalue weighted by Gasteiger charge is 2.05. The van der Waals surface area contributed by atoms with Crippen LogP contribution in [0.3, 0.4) is 0 Å². The summed E-state index contributed by atoms with van der Waals surface area (Å²) in [6.45, 7) is 2.69. The molecule has 1 heterocycles. The van der Waals surface area contributed by atoms with Crippen LogP contribution < -0.4 is 5.69 Å². The molecule has 0 aliphatic carbocycles. The zero-order chi connectivity index (χ0) is 15.2. The molecule has 5 heteroatoms. The molecule has 1 aromatic heterocycles. The number of aliphatic hydroxyl groups excluding tert-OH is 1. The number of rotatable bonds is 4. The number of nitrogens with zero attached hydrogens (tertiary/aromatic N) is 2. The van der Waals surface area contributed by atoms with Crippen LogP contribution in [-0.4, -0.2) is 20.8 Å². The Bertz CT molecular complexity index is 735. The van der Waals surface area contributed by atoms with Crippen molar-refractivity contribution in [3.05, 3.63) is 58.0 Å². The van der Waals surface area contributed by atoms with Crippen LogP contribution in [0.4, 0.5) is 4.39 Å². The number of aliphatic hydroxyl groups is 1. The number of imidazole rings is 1. The van der Waals surface area contributed by atoms with E-state index in [1.54, 1.807) is 23.0 Å². The smallest absolute Gasteiger partial charge is 0.328 e. The second-order valence-electron chi connectivity index (χ2n) is 4.71. The van der Waals surface area contributed by atoms with Gasteiger partial charge in [-0.2, -0.15) is 0 Å². The van der Waals surface area contributed by atoms with Gasteiger partial charge in [0, 0.05) is 24.5 Å². The zero-order valence-corrected chi connectivity index (χ0v) is 11.8. The van der Waals surface area contributed by atoms with E-state index in [4.69, 9.17) is 5.11 Å². The summed E-state index contributed by atoms with van der Waals surface area (Å²) >= 11 is 0. The first-order chi connectivity index (χ1) is 10.1. The number of hydrogen-bond donors (Lipinski definition) is 1. The maximum Gasteiger partial charge on any atom is 0.328 e. The van der Waals surface area contributed by atoms with Gasteiger partial charge in [-0.1, -0.05) is 18.8 Å². The van der Waals surface area contributed by atoms with Gasteiger partial charge < -0.3 is 5.11 Å². The minimum atomic E-state index is -0.407. The van der Waals surface area contributed by atoms with Crippen molar-refractivity contribution in [2.24, 2.45) is 0 Å². The fourth-order valence-electron chi connectivity index (χ4n) is 2.14. The maximum atomic E-state index is 13.6. The summed E-state index contributed by atoms with van der Waals surface area (Å²) in [5.74, 6) is 4.74. The summed E-state index contributed by atoms with van der Waals surface area (Å²) in [4.78, 5) is 12.1. The minimum absolute atomic E-state index is 0.107. The minimum Gasteiger partial charge on any atom is -0.384 e. The first-order valence-electron chi connectivity index (χ1n) is 6.78. The number of aryl methyl sites for hydroxylation is 1. The molecule has 0 aliphatic heterocycles. The molecular formula is C16H17FN2O2. The molecule has 0 bridgehead atoms. The molecule has 0 radical (unpaired) electrons. The molecule has 0 saturated heterocycles. The van der Waals surface area contributed by atoms with Crippen LogP contribution in [-0.2, 0) is 13.1 Å². The van der Waals surface area contributed by atoms with Gasteiger partial charge in [0.15, 0.2) is 0 Å². The van der Waals surface area contributed by atoms with Crippen LogP contribution in [0, 0.1) is 17.7 Å². The van der Waals surface area contributed by atoms with Gasteiger partial charge in [0.25, 0.3) is 0 Å². The maximum absolute atomic E-state index is 13.6. The van der Waals surface area contributed by atoms with Crippen molar-refractivity contribution >= 4 is 0 Å². The lowest BCUT2D eigenvalue weighted by Gasteiger charge is -2.04. The summed E-state index contributed by atoms with van der Waals surface area (Å²) in [5, 5.41) is 8.68. The van der Waals surface area contributed by atoms with Gasteiger partial charge in [-0.25, -0.2) is 9.18 Å². The molecule has 2 aromatic rings. The average molecular weight is 288 g/mol. The summed E-state index contributed by atoms with van der Waals surface area (Å²) in [5.41, 5.74) is 1.04. The third-order valence-corrected chi connectivity index (χ3v) is 3.00. The van der Waals surface area contributed by atoms with Crippen LogP contribution in [0.15, 0.2) is 35.4 Å². The Kier molecular flexibility index (Phi) is 4.96. The highest BCUT2D eigenvalue weighted by molar-refractivity contribution is 5.38. The lowest BCUT2D eigenvalue weighted by Crippen LogP contribution is -2.24. The van der Waals surface area contributed by atoms with Crippen molar-refractivity contribution in [3.8, 4) is 11.8 Å². The fraction of sp³-hybridized carbons (Fsp3) is 0.312. The number of halogens is 1. The van der Waals surface area contributed by atoms with Gasteiger partial charge in [-0.3, -0.25) is 9.13 Å². The molecule has 110 valence electrons. The van der Waals surface area contributed by atoms with Crippen molar-refractivity contribution in [1.29, 1.82) is 0 Å². The molecule has 4 nitrogen and oxygen atoms in total. The third kappa shape index (κ3) is 3.83. The zero-order valence-electron chi connectivity index (χ0n) is 11.8. The van der Waals surface area contributed by atoms with Gasteiger partial charge in [0.05, 0.1) is 6.54 Å². The van der Waals surface area contributed by atoms with Crippen molar-refractivity contribution in [2.75, 3.05) is 6.61 Å². The van der Waals surface area contributed by atoms with E-state index in [0.717, 1.165) is 6.42 Å². The highest BCUT2D eigenvalue weighted by atomic mass is 19.1. The molecule has 0 saturated carbocycles. The first-order valence-corrected chi connectivity index (χ1v) is 6.78. The predicted octanol–water partition coefficient (Wildman–Crippen LogP) is 1.59. The Balaban J connectivity index is 2.27. The molecule has 0 spiro atoms. The molecule has 0 amide bonds. The van der Waals surface area contributed by atoms with Crippen molar-refractivity contribution in [3.63, 3.8) is 0 Å².